The van der Waals surface area contributed by atoms with Gasteiger partial charge in [0.2, 0.25) is 0 Å². The smallest absolute Gasteiger partial charge is 0.256 e. The molecule has 4 rings (SSSR count). The van der Waals surface area contributed by atoms with Gasteiger partial charge in [0.05, 0.1) is 5.56 Å². The van der Waals surface area contributed by atoms with Gasteiger partial charge in [0, 0.05) is 15.7 Å². The Balaban J connectivity index is 1.56. The number of amides is 1. The second-order valence-electron chi connectivity index (χ2n) is 5.89. The van der Waals surface area contributed by atoms with E-state index < -0.39 is 0 Å². The molecule has 0 atom stereocenters. The Hall–Kier alpha value is -2.67. The van der Waals surface area contributed by atoms with Crippen LogP contribution in [-0.4, -0.2) is 10.9 Å². The molecule has 0 spiro atoms. The van der Waals surface area contributed by atoms with Crippen molar-refractivity contribution in [1.29, 1.82) is 0 Å². The lowest BCUT2D eigenvalue weighted by Crippen LogP contribution is -2.13. The summed E-state index contributed by atoms with van der Waals surface area (Å²) in [6.45, 7) is 0. The van der Waals surface area contributed by atoms with Crippen LogP contribution < -0.4 is 5.32 Å². The van der Waals surface area contributed by atoms with E-state index in [0.29, 0.717) is 29.1 Å². The summed E-state index contributed by atoms with van der Waals surface area (Å²) in [5.41, 5.74) is 3.94. The van der Waals surface area contributed by atoms with Crippen LogP contribution in [0.4, 0.5) is 5.69 Å². The highest BCUT2D eigenvalue weighted by Gasteiger charge is 2.11. The van der Waals surface area contributed by atoms with Crippen LogP contribution in [0.15, 0.2) is 77.2 Å². The molecule has 0 saturated carbocycles. The van der Waals surface area contributed by atoms with Crippen LogP contribution in [0.5, 0.6) is 0 Å². The molecule has 0 fully saturated rings. The first kappa shape index (κ1) is 16.8. The number of carbonyl (C=O) groups excluding carboxylic acids is 1. The maximum absolute atomic E-state index is 12.5. The Kier molecular flexibility index (Phi) is 4.71. The van der Waals surface area contributed by atoms with Crippen molar-refractivity contribution in [2.75, 3.05) is 5.32 Å². The van der Waals surface area contributed by atoms with E-state index in [-0.39, 0.29) is 5.91 Å². The van der Waals surface area contributed by atoms with Gasteiger partial charge in [-0.1, -0.05) is 42.5 Å². The number of nitrogens with one attached hydrogen (secondary N) is 1. The number of oxazole rings is 1. The minimum atomic E-state index is -0.137. The van der Waals surface area contributed by atoms with Gasteiger partial charge in [-0.05, 0) is 58.5 Å². The molecule has 26 heavy (non-hydrogen) atoms. The van der Waals surface area contributed by atoms with Crippen molar-refractivity contribution in [2.45, 2.75) is 6.42 Å². The molecule has 1 aromatic heterocycles. The van der Waals surface area contributed by atoms with Crippen LogP contribution in [0.25, 0.3) is 11.1 Å². The average Bonchev–Trinajstić information content (AvgIpc) is 3.04. The zero-order valence-corrected chi connectivity index (χ0v) is 15.9. The van der Waals surface area contributed by atoms with E-state index in [9.17, 15) is 4.79 Å². The van der Waals surface area contributed by atoms with E-state index in [1.165, 1.54) is 0 Å². The molecule has 0 unspecified atom stereocenters. The Morgan fingerprint density at radius 1 is 1.00 bits per heavy atom. The zero-order valence-electron chi connectivity index (χ0n) is 13.8. The van der Waals surface area contributed by atoms with Crippen LogP contribution in [0.2, 0.25) is 0 Å². The number of hydrogen-bond acceptors (Lipinski definition) is 3. The molecule has 1 heterocycles. The number of benzene rings is 3. The molecule has 0 radical (unpaired) electrons. The highest BCUT2D eigenvalue weighted by Crippen LogP contribution is 2.22. The molecular weight excluding hydrogens is 439 g/mol. The number of rotatable bonds is 4. The van der Waals surface area contributed by atoms with E-state index in [0.717, 1.165) is 14.7 Å². The van der Waals surface area contributed by atoms with Gasteiger partial charge in [-0.15, -0.1) is 0 Å². The third kappa shape index (κ3) is 3.62. The highest BCUT2D eigenvalue weighted by molar-refractivity contribution is 14.1. The second-order valence-corrected chi connectivity index (χ2v) is 7.05. The SMILES string of the molecule is O=C(Nc1ccc2oc(Cc3ccccc3)nc2c1)c1ccccc1I. The van der Waals surface area contributed by atoms with Crippen molar-refractivity contribution in [3.63, 3.8) is 0 Å². The molecule has 1 N–H and O–H groups in total. The summed E-state index contributed by atoms with van der Waals surface area (Å²) >= 11 is 2.16. The summed E-state index contributed by atoms with van der Waals surface area (Å²) in [5, 5.41) is 2.92. The average molecular weight is 454 g/mol. The van der Waals surface area contributed by atoms with Gasteiger partial charge in [0.25, 0.3) is 5.91 Å². The lowest BCUT2D eigenvalue weighted by molar-refractivity contribution is 0.102. The molecule has 1 amide bonds. The summed E-state index contributed by atoms with van der Waals surface area (Å²) in [4.78, 5) is 17.0. The number of aromatic nitrogens is 1. The highest BCUT2D eigenvalue weighted by atomic mass is 127. The van der Waals surface area contributed by atoms with Crippen molar-refractivity contribution in [3.8, 4) is 0 Å². The summed E-state index contributed by atoms with van der Waals surface area (Å²) in [6, 6.07) is 23.0. The number of carbonyl (C=O) groups is 1. The predicted octanol–water partition coefficient (Wildman–Crippen LogP) is 5.28. The van der Waals surface area contributed by atoms with Crippen molar-refractivity contribution >= 4 is 45.3 Å². The van der Waals surface area contributed by atoms with Crippen molar-refractivity contribution < 1.29 is 9.21 Å². The Morgan fingerprint density at radius 2 is 1.77 bits per heavy atom. The van der Waals surface area contributed by atoms with Crippen LogP contribution in [0, 0.1) is 3.57 Å². The van der Waals surface area contributed by atoms with E-state index in [1.807, 2.05) is 72.8 Å². The van der Waals surface area contributed by atoms with Gasteiger partial charge in [0.1, 0.15) is 5.52 Å². The minimum Gasteiger partial charge on any atom is -0.440 e. The number of nitrogens with zero attached hydrogens (tertiary/aromatic N) is 1. The van der Waals surface area contributed by atoms with Gasteiger partial charge in [-0.2, -0.15) is 0 Å². The lowest BCUT2D eigenvalue weighted by Gasteiger charge is -2.06. The van der Waals surface area contributed by atoms with Gasteiger partial charge in [-0.3, -0.25) is 4.79 Å². The summed E-state index contributed by atoms with van der Waals surface area (Å²) < 4.78 is 6.72. The van der Waals surface area contributed by atoms with Crippen molar-refractivity contribution in [1.82, 2.24) is 4.98 Å². The molecule has 0 aliphatic heterocycles. The molecule has 0 saturated heterocycles. The molecule has 0 bridgehead atoms. The molecule has 128 valence electrons. The minimum absolute atomic E-state index is 0.137. The van der Waals surface area contributed by atoms with E-state index in [4.69, 9.17) is 4.42 Å². The molecule has 3 aromatic carbocycles. The Labute approximate surface area is 164 Å². The van der Waals surface area contributed by atoms with Crippen LogP contribution in [-0.2, 0) is 6.42 Å². The molecule has 0 aliphatic rings. The van der Waals surface area contributed by atoms with Crippen molar-refractivity contribution in [3.05, 3.63) is 93.4 Å². The first-order valence-corrected chi connectivity index (χ1v) is 9.26. The standard InChI is InChI=1S/C21H15IN2O2/c22-17-9-5-4-8-16(17)21(25)23-15-10-11-19-18(13-15)24-20(26-19)12-14-6-2-1-3-7-14/h1-11,13H,12H2,(H,23,25). The predicted molar refractivity (Wildman–Crippen MR) is 110 cm³/mol. The van der Waals surface area contributed by atoms with Crippen LogP contribution in [0.1, 0.15) is 21.8 Å². The maximum Gasteiger partial charge on any atom is 0.256 e. The fourth-order valence-corrected chi connectivity index (χ4v) is 3.38. The first-order chi connectivity index (χ1) is 12.7. The van der Waals surface area contributed by atoms with E-state index >= 15 is 0 Å². The number of anilines is 1. The number of fused-ring (bicyclic) bond motifs is 1. The van der Waals surface area contributed by atoms with E-state index in [2.05, 4.69) is 32.9 Å². The van der Waals surface area contributed by atoms with Crippen LogP contribution >= 0.6 is 22.6 Å². The Bertz CT molecular complexity index is 1070. The fourth-order valence-electron chi connectivity index (χ4n) is 2.74. The Morgan fingerprint density at radius 3 is 2.58 bits per heavy atom. The number of halogens is 1. The maximum atomic E-state index is 12.5. The van der Waals surface area contributed by atoms with Crippen molar-refractivity contribution in [2.24, 2.45) is 0 Å². The lowest BCUT2D eigenvalue weighted by atomic mass is 10.1. The second kappa shape index (κ2) is 7.29. The summed E-state index contributed by atoms with van der Waals surface area (Å²) in [5.74, 6) is 0.523. The molecule has 4 aromatic rings. The van der Waals surface area contributed by atoms with Gasteiger partial charge < -0.3 is 9.73 Å². The molecule has 4 nitrogen and oxygen atoms in total. The third-order valence-corrected chi connectivity index (χ3v) is 4.95. The largest absolute Gasteiger partial charge is 0.440 e. The van der Waals surface area contributed by atoms with Gasteiger partial charge in [-0.25, -0.2) is 4.98 Å². The monoisotopic (exact) mass is 454 g/mol. The zero-order chi connectivity index (χ0) is 17.9. The quantitative estimate of drug-likeness (QED) is 0.428. The number of hydrogen-bond donors (Lipinski definition) is 1. The molecule has 5 heteroatoms. The normalized spacial score (nSPS) is 10.8. The van der Waals surface area contributed by atoms with Gasteiger partial charge in [0.15, 0.2) is 11.5 Å². The van der Waals surface area contributed by atoms with Gasteiger partial charge >= 0.3 is 0 Å². The topological polar surface area (TPSA) is 55.1 Å². The molecular formula is C21H15IN2O2. The fraction of sp³-hybridized carbons (Fsp3) is 0.0476. The van der Waals surface area contributed by atoms with Crippen LogP contribution in [0.3, 0.4) is 0 Å². The first-order valence-electron chi connectivity index (χ1n) is 8.18. The van der Waals surface area contributed by atoms with E-state index in [1.54, 1.807) is 0 Å². The third-order valence-electron chi connectivity index (χ3n) is 4.01. The summed E-state index contributed by atoms with van der Waals surface area (Å²) in [6.07, 6.45) is 0.638. The summed E-state index contributed by atoms with van der Waals surface area (Å²) in [7, 11) is 0. The molecule has 0 aliphatic carbocycles.